The molecule has 0 heterocycles. The zero-order valence-electron chi connectivity index (χ0n) is 11.3. The van der Waals surface area contributed by atoms with E-state index >= 15 is 0 Å². The van der Waals surface area contributed by atoms with Crippen molar-refractivity contribution >= 4 is 11.6 Å². The van der Waals surface area contributed by atoms with Crippen LogP contribution in [-0.4, -0.2) is 12.6 Å². The van der Waals surface area contributed by atoms with Gasteiger partial charge in [0, 0.05) is 11.1 Å². The van der Waals surface area contributed by atoms with Crippen molar-refractivity contribution in [1.82, 2.24) is 5.32 Å². The van der Waals surface area contributed by atoms with Crippen molar-refractivity contribution in [2.45, 2.75) is 39.7 Å². The zero-order chi connectivity index (χ0) is 13.3. The number of nitrogens with one attached hydrogen (secondary N) is 1. The molecule has 0 radical (unpaired) electrons. The topological polar surface area (TPSA) is 12.0 Å². The Morgan fingerprint density at radius 2 is 2.17 bits per heavy atom. The molecule has 0 spiro atoms. The summed E-state index contributed by atoms with van der Waals surface area (Å²) in [5.41, 5.74) is 1.46. The van der Waals surface area contributed by atoms with Gasteiger partial charge in [-0.05, 0) is 48.4 Å². The van der Waals surface area contributed by atoms with E-state index in [1.807, 2.05) is 0 Å². The minimum atomic E-state index is -0.268. The molecule has 2 unspecified atom stereocenters. The fourth-order valence-corrected chi connectivity index (χ4v) is 2.98. The molecule has 1 aromatic carbocycles. The van der Waals surface area contributed by atoms with Gasteiger partial charge in [0.25, 0.3) is 0 Å². The van der Waals surface area contributed by atoms with E-state index in [-0.39, 0.29) is 5.82 Å². The van der Waals surface area contributed by atoms with Crippen LogP contribution in [0.15, 0.2) is 18.2 Å². The van der Waals surface area contributed by atoms with E-state index in [0.29, 0.717) is 22.4 Å². The van der Waals surface area contributed by atoms with Crippen LogP contribution in [0.3, 0.4) is 0 Å². The van der Waals surface area contributed by atoms with Crippen molar-refractivity contribution < 1.29 is 4.39 Å². The lowest BCUT2D eigenvalue weighted by molar-refractivity contribution is 0.409. The van der Waals surface area contributed by atoms with Crippen LogP contribution in [0, 0.1) is 17.2 Å². The van der Waals surface area contributed by atoms with Crippen molar-refractivity contribution in [2.24, 2.45) is 11.3 Å². The number of likely N-dealkylation sites (N-methyl/N-ethyl adjacent to an activating group) is 1. The normalized spacial score (nSPS) is 22.8. The summed E-state index contributed by atoms with van der Waals surface area (Å²) < 4.78 is 13.0. The monoisotopic (exact) mass is 269 g/mol. The Kier molecular flexibility index (Phi) is 3.98. The number of hydrogen-bond donors (Lipinski definition) is 1. The highest BCUT2D eigenvalue weighted by Crippen LogP contribution is 2.54. The van der Waals surface area contributed by atoms with Crippen molar-refractivity contribution in [2.75, 3.05) is 6.54 Å². The van der Waals surface area contributed by atoms with Crippen LogP contribution in [0.2, 0.25) is 5.02 Å². The van der Waals surface area contributed by atoms with E-state index in [1.54, 1.807) is 6.07 Å². The molecule has 18 heavy (non-hydrogen) atoms. The maximum absolute atomic E-state index is 13.0. The summed E-state index contributed by atoms with van der Waals surface area (Å²) in [6, 6.07) is 5.13. The van der Waals surface area contributed by atoms with Crippen LogP contribution in [-0.2, 0) is 6.42 Å². The molecule has 0 aliphatic heterocycles. The summed E-state index contributed by atoms with van der Waals surface area (Å²) in [4.78, 5) is 0. The van der Waals surface area contributed by atoms with Gasteiger partial charge >= 0.3 is 0 Å². The van der Waals surface area contributed by atoms with Crippen LogP contribution in [0.1, 0.15) is 32.8 Å². The molecule has 1 nitrogen and oxygen atoms in total. The molecule has 1 aliphatic carbocycles. The summed E-state index contributed by atoms with van der Waals surface area (Å²) in [6.45, 7) is 7.67. The third-order valence-electron chi connectivity index (χ3n) is 4.00. The first-order valence-electron chi connectivity index (χ1n) is 6.61. The van der Waals surface area contributed by atoms with Gasteiger partial charge in [-0.1, -0.05) is 38.4 Å². The van der Waals surface area contributed by atoms with E-state index in [4.69, 9.17) is 11.6 Å². The van der Waals surface area contributed by atoms with E-state index < -0.39 is 0 Å². The average Bonchev–Trinajstić information content (AvgIpc) is 2.90. The lowest BCUT2D eigenvalue weighted by Crippen LogP contribution is -2.34. The molecule has 2 atom stereocenters. The third kappa shape index (κ3) is 3.04. The first kappa shape index (κ1) is 13.8. The van der Waals surface area contributed by atoms with Gasteiger partial charge in [-0.3, -0.25) is 0 Å². The van der Waals surface area contributed by atoms with Gasteiger partial charge < -0.3 is 5.32 Å². The van der Waals surface area contributed by atoms with Crippen LogP contribution < -0.4 is 5.32 Å². The highest BCUT2D eigenvalue weighted by Gasteiger charge is 2.49. The van der Waals surface area contributed by atoms with Gasteiger partial charge in [0.05, 0.1) is 0 Å². The Labute approximate surface area is 114 Å². The summed E-state index contributed by atoms with van der Waals surface area (Å²) in [5, 5.41) is 4.08. The number of hydrogen-bond acceptors (Lipinski definition) is 1. The molecule has 1 aromatic rings. The first-order chi connectivity index (χ1) is 8.44. The van der Waals surface area contributed by atoms with Gasteiger partial charge in [-0.15, -0.1) is 0 Å². The lowest BCUT2D eigenvalue weighted by atomic mass is 9.97. The van der Waals surface area contributed by atoms with Crippen LogP contribution in [0.25, 0.3) is 0 Å². The van der Waals surface area contributed by atoms with Crippen LogP contribution in [0.4, 0.5) is 4.39 Å². The largest absolute Gasteiger partial charge is 0.314 e. The maximum atomic E-state index is 13.0. The zero-order valence-corrected chi connectivity index (χ0v) is 12.0. The van der Waals surface area contributed by atoms with E-state index in [0.717, 1.165) is 18.5 Å². The Hall–Kier alpha value is -0.600. The van der Waals surface area contributed by atoms with Crippen molar-refractivity contribution in [3.8, 4) is 0 Å². The molecule has 0 aromatic heterocycles. The van der Waals surface area contributed by atoms with Crippen molar-refractivity contribution in [3.05, 3.63) is 34.6 Å². The van der Waals surface area contributed by atoms with E-state index in [1.165, 1.54) is 18.6 Å². The second-order valence-electron chi connectivity index (χ2n) is 5.90. The SMILES string of the molecule is CCNC(Cc1ccc(F)cc1Cl)C1CC1(C)C. The second-order valence-corrected chi connectivity index (χ2v) is 6.31. The average molecular weight is 270 g/mol. The fourth-order valence-electron chi connectivity index (χ4n) is 2.74. The van der Waals surface area contributed by atoms with Crippen molar-refractivity contribution in [3.63, 3.8) is 0 Å². The van der Waals surface area contributed by atoms with Crippen LogP contribution in [0.5, 0.6) is 0 Å². The summed E-state index contributed by atoms with van der Waals surface area (Å²) in [7, 11) is 0. The molecule has 1 fully saturated rings. The quantitative estimate of drug-likeness (QED) is 0.850. The third-order valence-corrected chi connectivity index (χ3v) is 4.35. The molecule has 0 bridgehead atoms. The van der Waals surface area contributed by atoms with E-state index in [9.17, 15) is 4.39 Å². The number of benzene rings is 1. The molecular formula is C15H21ClFN. The van der Waals surface area contributed by atoms with Gasteiger partial charge in [-0.2, -0.15) is 0 Å². The van der Waals surface area contributed by atoms with E-state index in [2.05, 4.69) is 26.1 Å². The Bertz CT molecular complexity index is 431. The minimum absolute atomic E-state index is 0.268. The van der Waals surface area contributed by atoms with Crippen molar-refractivity contribution in [1.29, 1.82) is 0 Å². The Balaban J connectivity index is 2.09. The van der Waals surface area contributed by atoms with Gasteiger partial charge in [0.1, 0.15) is 5.82 Å². The highest BCUT2D eigenvalue weighted by atomic mass is 35.5. The molecular weight excluding hydrogens is 249 g/mol. The molecule has 1 saturated carbocycles. The molecule has 1 aliphatic rings. The predicted octanol–water partition coefficient (Wildman–Crippen LogP) is 4.05. The smallest absolute Gasteiger partial charge is 0.124 e. The predicted molar refractivity (Wildman–Crippen MR) is 74.5 cm³/mol. The standard InChI is InChI=1S/C15H21ClFN/c1-4-18-14(12-9-15(12,2)3)7-10-5-6-11(17)8-13(10)16/h5-6,8,12,14,18H,4,7,9H2,1-3H3. The minimum Gasteiger partial charge on any atom is -0.314 e. The number of rotatable bonds is 5. The van der Waals surface area contributed by atoms with Gasteiger partial charge in [0.15, 0.2) is 0 Å². The fraction of sp³-hybridized carbons (Fsp3) is 0.600. The summed E-state index contributed by atoms with van der Waals surface area (Å²) in [6.07, 6.45) is 2.13. The molecule has 0 saturated heterocycles. The van der Waals surface area contributed by atoms with Crippen LogP contribution >= 0.6 is 11.6 Å². The first-order valence-corrected chi connectivity index (χ1v) is 6.99. The maximum Gasteiger partial charge on any atom is 0.124 e. The molecule has 100 valence electrons. The molecule has 3 heteroatoms. The molecule has 2 rings (SSSR count). The number of halogens is 2. The molecule has 0 amide bonds. The Morgan fingerprint density at radius 1 is 1.50 bits per heavy atom. The van der Waals surface area contributed by atoms with Gasteiger partial charge in [-0.25, -0.2) is 4.39 Å². The highest BCUT2D eigenvalue weighted by molar-refractivity contribution is 6.31. The lowest BCUT2D eigenvalue weighted by Gasteiger charge is -2.20. The summed E-state index contributed by atoms with van der Waals surface area (Å²) >= 11 is 6.10. The second kappa shape index (κ2) is 5.18. The van der Waals surface area contributed by atoms with Gasteiger partial charge in [0.2, 0.25) is 0 Å². The molecule has 1 N–H and O–H groups in total. The Morgan fingerprint density at radius 3 is 2.67 bits per heavy atom. The summed E-state index contributed by atoms with van der Waals surface area (Å²) in [5.74, 6) is 0.425.